The molecule has 0 saturated carbocycles. The number of nitrogens with zero attached hydrogens (tertiary/aromatic N) is 1. The molecule has 0 saturated heterocycles. The third-order valence-corrected chi connectivity index (χ3v) is 7.92. The molecule has 0 unspecified atom stereocenters. The lowest BCUT2D eigenvalue weighted by atomic mass is 9.62. The molecule has 0 aliphatic heterocycles. The molecule has 0 atom stereocenters. The second-order valence-corrected chi connectivity index (χ2v) is 11.4. The van der Waals surface area contributed by atoms with Crippen LogP contribution in [0.15, 0.2) is 48.0 Å². The van der Waals surface area contributed by atoms with E-state index in [1.165, 1.54) is 40.1 Å². The number of benzene rings is 2. The van der Waals surface area contributed by atoms with Crippen molar-refractivity contribution in [2.75, 3.05) is 6.61 Å². The molecular weight excluding hydrogens is 438 g/mol. The Bertz CT molecular complexity index is 1170. The van der Waals surface area contributed by atoms with E-state index in [2.05, 4.69) is 62.3 Å². The molecule has 0 radical (unpaired) electrons. The Labute approximate surface area is 207 Å². The summed E-state index contributed by atoms with van der Waals surface area (Å²) in [5.41, 5.74) is 7.62. The molecule has 0 fully saturated rings. The topological polar surface area (TPSA) is 39.2 Å². The van der Waals surface area contributed by atoms with Crippen LogP contribution < -0.4 is 0 Å². The predicted octanol–water partition coefficient (Wildman–Crippen LogP) is 7.62. The van der Waals surface area contributed by atoms with Crippen molar-refractivity contribution in [3.8, 4) is 0 Å². The number of hydrogen-bond acceptors (Lipinski definition) is 4. The van der Waals surface area contributed by atoms with E-state index in [4.69, 9.17) is 4.74 Å². The van der Waals surface area contributed by atoms with Crippen molar-refractivity contribution < 1.29 is 9.53 Å². The molecule has 1 heterocycles. The first-order chi connectivity index (χ1) is 16.2. The van der Waals surface area contributed by atoms with Crippen molar-refractivity contribution in [2.45, 2.75) is 71.1 Å². The van der Waals surface area contributed by atoms with E-state index >= 15 is 0 Å². The van der Waals surface area contributed by atoms with Gasteiger partial charge in [0.15, 0.2) is 0 Å². The number of carbonyl (C=O) groups is 1. The molecule has 3 aromatic rings. The first-order valence-electron chi connectivity index (χ1n) is 12.2. The minimum absolute atomic E-state index is 0.169. The van der Waals surface area contributed by atoms with Crippen LogP contribution in [0.1, 0.15) is 90.6 Å². The van der Waals surface area contributed by atoms with Gasteiger partial charge >= 0.3 is 5.97 Å². The molecule has 4 heteroatoms. The lowest BCUT2D eigenvalue weighted by Gasteiger charge is -2.42. The number of carbonyl (C=O) groups excluding carboxylic acids is 1. The number of hydrogen-bond donors (Lipinski definition) is 0. The van der Waals surface area contributed by atoms with Gasteiger partial charge in [-0.2, -0.15) is 0 Å². The van der Waals surface area contributed by atoms with E-state index in [-0.39, 0.29) is 16.8 Å². The van der Waals surface area contributed by atoms with E-state index in [9.17, 15) is 4.79 Å². The maximum atomic E-state index is 12.0. The summed E-state index contributed by atoms with van der Waals surface area (Å²) in [5, 5.41) is 3.23. The second kappa shape index (κ2) is 9.87. The van der Waals surface area contributed by atoms with Gasteiger partial charge in [-0.3, -0.25) is 0 Å². The average molecular weight is 474 g/mol. The fraction of sp³-hybridized carbons (Fsp3) is 0.400. The van der Waals surface area contributed by atoms with Crippen molar-refractivity contribution >= 4 is 29.5 Å². The molecule has 0 bridgehead atoms. The minimum atomic E-state index is -0.276. The summed E-state index contributed by atoms with van der Waals surface area (Å²) in [5.74, 6) is -0.276. The van der Waals surface area contributed by atoms with Gasteiger partial charge in [-0.25, -0.2) is 9.78 Å². The van der Waals surface area contributed by atoms with E-state index in [0.717, 1.165) is 18.4 Å². The second-order valence-electron chi connectivity index (χ2n) is 10.5. The largest absolute Gasteiger partial charge is 0.462 e. The summed E-state index contributed by atoms with van der Waals surface area (Å²) < 4.78 is 5.10. The number of ether oxygens (including phenoxy) is 1. The maximum absolute atomic E-state index is 12.0. The molecule has 4 rings (SSSR count). The van der Waals surface area contributed by atoms with Gasteiger partial charge < -0.3 is 4.74 Å². The molecule has 3 nitrogen and oxygen atoms in total. The molecular formula is C30H35NO2S. The highest BCUT2D eigenvalue weighted by Crippen LogP contribution is 2.46. The monoisotopic (exact) mass is 473 g/mol. The van der Waals surface area contributed by atoms with Gasteiger partial charge in [0, 0.05) is 18.0 Å². The summed E-state index contributed by atoms with van der Waals surface area (Å²) in [6.07, 6.45) is 10.6. The van der Waals surface area contributed by atoms with Crippen LogP contribution in [-0.4, -0.2) is 17.6 Å². The zero-order valence-electron chi connectivity index (χ0n) is 21.0. The average Bonchev–Trinajstić information content (AvgIpc) is 3.33. The van der Waals surface area contributed by atoms with Gasteiger partial charge in [0.1, 0.15) is 0 Å². The maximum Gasteiger partial charge on any atom is 0.338 e. The fourth-order valence-corrected chi connectivity index (χ4v) is 5.42. The molecule has 0 spiro atoms. The molecule has 34 heavy (non-hydrogen) atoms. The normalized spacial score (nSPS) is 16.4. The third kappa shape index (κ3) is 5.33. The van der Waals surface area contributed by atoms with Crippen molar-refractivity contribution in [3.63, 3.8) is 0 Å². The zero-order chi connectivity index (χ0) is 24.3. The molecule has 1 aliphatic rings. The van der Waals surface area contributed by atoms with Crippen LogP contribution in [0.5, 0.6) is 0 Å². The number of rotatable bonds is 7. The Morgan fingerprint density at radius 2 is 1.68 bits per heavy atom. The van der Waals surface area contributed by atoms with Gasteiger partial charge in [-0.05, 0) is 77.0 Å². The van der Waals surface area contributed by atoms with E-state index in [1.54, 1.807) is 11.3 Å². The smallest absolute Gasteiger partial charge is 0.338 e. The first kappa shape index (κ1) is 24.4. The van der Waals surface area contributed by atoms with Crippen LogP contribution in [0.3, 0.4) is 0 Å². The van der Waals surface area contributed by atoms with Crippen molar-refractivity contribution in [1.29, 1.82) is 0 Å². The van der Waals surface area contributed by atoms with Crippen LogP contribution in [0.2, 0.25) is 0 Å². The van der Waals surface area contributed by atoms with Crippen molar-refractivity contribution in [3.05, 3.63) is 86.4 Å². The Morgan fingerprint density at radius 1 is 1.00 bits per heavy atom. The van der Waals surface area contributed by atoms with Gasteiger partial charge in [0.25, 0.3) is 0 Å². The van der Waals surface area contributed by atoms with Crippen LogP contribution in [0.25, 0.3) is 12.2 Å². The van der Waals surface area contributed by atoms with Crippen LogP contribution in [0.4, 0.5) is 0 Å². The van der Waals surface area contributed by atoms with Gasteiger partial charge in [-0.1, -0.05) is 64.1 Å². The van der Waals surface area contributed by atoms with Crippen LogP contribution >= 0.6 is 11.3 Å². The lowest BCUT2D eigenvalue weighted by molar-refractivity contribution is 0.0526. The minimum Gasteiger partial charge on any atom is -0.462 e. The Hall–Kier alpha value is -2.72. The number of aromatic nitrogens is 1. The van der Waals surface area contributed by atoms with E-state index < -0.39 is 0 Å². The van der Waals surface area contributed by atoms with Crippen molar-refractivity contribution in [2.24, 2.45) is 0 Å². The SMILES string of the molecule is CCOC(=O)c1ccc(/C=C/c2cc3c(cc2CCc2nccs2)C(C)(C)CCC3(C)C)cc1. The summed E-state index contributed by atoms with van der Waals surface area (Å²) in [4.78, 5) is 16.4. The summed E-state index contributed by atoms with van der Waals surface area (Å²) >= 11 is 1.73. The van der Waals surface area contributed by atoms with E-state index in [0.29, 0.717) is 12.2 Å². The number of thiazole rings is 1. The van der Waals surface area contributed by atoms with E-state index in [1.807, 2.05) is 37.4 Å². The fourth-order valence-electron chi connectivity index (χ4n) is 4.80. The third-order valence-electron chi connectivity index (χ3n) is 7.08. The Kier molecular flexibility index (Phi) is 7.09. The number of esters is 1. The van der Waals surface area contributed by atoms with Gasteiger partial charge in [0.2, 0.25) is 0 Å². The molecule has 0 N–H and O–H groups in total. The highest BCUT2D eigenvalue weighted by molar-refractivity contribution is 7.09. The summed E-state index contributed by atoms with van der Waals surface area (Å²) in [6, 6.07) is 12.5. The molecule has 1 aliphatic carbocycles. The molecule has 2 aromatic carbocycles. The first-order valence-corrected chi connectivity index (χ1v) is 13.1. The van der Waals surface area contributed by atoms with Gasteiger partial charge in [0.05, 0.1) is 17.2 Å². The number of aryl methyl sites for hydroxylation is 2. The highest BCUT2D eigenvalue weighted by Gasteiger charge is 2.37. The summed E-state index contributed by atoms with van der Waals surface area (Å²) in [7, 11) is 0. The molecule has 178 valence electrons. The molecule has 0 amide bonds. The van der Waals surface area contributed by atoms with Crippen LogP contribution in [-0.2, 0) is 28.4 Å². The van der Waals surface area contributed by atoms with Crippen molar-refractivity contribution in [1.82, 2.24) is 4.98 Å². The zero-order valence-corrected chi connectivity index (χ0v) is 21.8. The quantitative estimate of drug-likeness (QED) is 0.262. The Balaban J connectivity index is 1.68. The molecule has 1 aromatic heterocycles. The lowest BCUT2D eigenvalue weighted by Crippen LogP contribution is -2.34. The number of fused-ring (bicyclic) bond motifs is 1. The summed E-state index contributed by atoms with van der Waals surface area (Å²) in [6.45, 7) is 11.7. The van der Waals surface area contributed by atoms with Gasteiger partial charge in [-0.15, -0.1) is 11.3 Å². The standard InChI is InChI=1S/C30H35NO2S/c1-6-33-28(32)22-10-7-21(8-11-22)9-12-23-19-25-26(30(4,5)16-15-29(25,2)3)20-24(23)13-14-27-31-17-18-34-27/h7-12,17-20H,6,13-16H2,1-5H3/b12-9+. The predicted molar refractivity (Wildman–Crippen MR) is 143 cm³/mol. The Morgan fingerprint density at radius 3 is 2.29 bits per heavy atom. The van der Waals surface area contributed by atoms with Crippen LogP contribution in [0, 0.1) is 0 Å². The highest BCUT2D eigenvalue weighted by atomic mass is 32.1.